The molecule has 0 saturated carbocycles. The van der Waals surface area contributed by atoms with E-state index in [1.807, 2.05) is 0 Å². The first kappa shape index (κ1) is 9.85. The van der Waals surface area contributed by atoms with Crippen LogP contribution in [0.1, 0.15) is 11.6 Å². The monoisotopic (exact) mass is 191 g/mol. The molecular formula is C8H8F3NO. The third-order valence-electron chi connectivity index (χ3n) is 1.65. The molecule has 1 aromatic carbocycles. The summed E-state index contributed by atoms with van der Waals surface area (Å²) in [5.41, 5.74) is 4.60. The normalized spacial score (nSPS) is 12.9. The van der Waals surface area contributed by atoms with Crippen molar-refractivity contribution in [1.29, 1.82) is 0 Å². The third-order valence-corrected chi connectivity index (χ3v) is 1.65. The lowest BCUT2D eigenvalue weighted by atomic mass is 10.1. The Bertz CT molecular complexity index is 317. The SMILES string of the molecule is N[C@H](CF)c1c(F)ccc(F)c1O. The Hall–Kier alpha value is -1.23. The molecule has 0 bridgehead atoms. The molecule has 0 aromatic heterocycles. The second-order valence-electron chi connectivity index (χ2n) is 2.55. The number of benzene rings is 1. The fourth-order valence-electron chi connectivity index (χ4n) is 0.987. The van der Waals surface area contributed by atoms with Gasteiger partial charge in [0, 0.05) is 0 Å². The topological polar surface area (TPSA) is 46.2 Å². The number of alkyl halides is 1. The van der Waals surface area contributed by atoms with Crippen LogP contribution in [0.4, 0.5) is 13.2 Å². The maximum absolute atomic E-state index is 12.9. The summed E-state index contributed by atoms with van der Waals surface area (Å²) < 4.78 is 37.6. The highest BCUT2D eigenvalue weighted by molar-refractivity contribution is 5.37. The molecule has 0 amide bonds. The average Bonchev–Trinajstić information content (AvgIpc) is 2.12. The number of hydrogen-bond donors (Lipinski definition) is 2. The van der Waals surface area contributed by atoms with Crippen LogP contribution < -0.4 is 5.73 Å². The molecule has 1 aromatic rings. The Morgan fingerprint density at radius 1 is 1.31 bits per heavy atom. The number of phenols is 1. The van der Waals surface area contributed by atoms with E-state index in [4.69, 9.17) is 10.8 Å². The molecule has 72 valence electrons. The van der Waals surface area contributed by atoms with E-state index in [-0.39, 0.29) is 0 Å². The highest BCUT2D eigenvalue weighted by Gasteiger charge is 2.18. The number of nitrogens with two attached hydrogens (primary N) is 1. The summed E-state index contributed by atoms with van der Waals surface area (Å²) in [4.78, 5) is 0. The maximum Gasteiger partial charge on any atom is 0.165 e. The number of aromatic hydroxyl groups is 1. The van der Waals surface area contributed by atoms with Gasteiger partial charge in [-0.15, -0.1) is 0 Å². The number of halogens is 3. The van der Waals surface area contributed by atoms with Crippen LogP contribution in [0.2, 0.25) is 0 Å². The lowest BCUT2D eigenvalue weighted by molar-refractivity contribution is 0.383. The molecule has 0 saturated heterocycles. The smallest absolute Gasteiger partial charge is 0.165 e. The minimum atomic E-state index is -1.34. The zero-order chi connectivity index (χ0) is 10.0. The van der Waals surface area contributed by atoms with Crippen molar-refractivity contribution in [2.45, 2.75) is 6.04 Å². The summed E-state index contributed by atoms with van der Waals surface area (Å²) in [6.07, 6.45) is 0. The van der Waals surface area contributed by atoms with Gasteiger partial charge in [-0.05, 0) is 12.1 Å². The van der Waals surface area contributed by atoms with Crippen LogP contribution in [0.3, 0.4) is 0 Å². The zero-order valence-corrected chi connectivity index (χ0v) is 6.60. The molecule has 3 N–H and O–H groups in total. The molecule has 0 spiro atoms. The second-order valence-corrected chi connectivity index (χ2v) is 2.55. The van der Waals surface area contributed by atoms with Crippen LogP contribution in [-0.4, -0.2) is 11.8 Å². The van der Waals surface area contributed by atoms with Crippen LogP contribution in [-0.2, 0) is 0 Å². The van der Waals surface area contributed by atoms with Gasteiger partial charge >= 0.3 is 0 Å². The standard InChI is InChI=1S/C8H8F3NO/c9-3-6(12)7-4(10)1-2-5(11)8(7)13/h1-2,6,13H,3,12H2/t6-/m1/s1. The first-order chi connectivity index (χ1) is 6.07. The van der Waals surface area contributed by atoms with Gasteiger partial charge in [-0.2, -0.15) is 0 Å². The van der Waals surface area contributed by atoms with E-state index in [0.717, 1.165) is 12.1 Å². The van der Waals surface area contributed by atoms with E-state index in [0.29, 0.717) is 0 Å². The van der Waals surface area contributed by atoms with Gasteiger partial charge < -0.3 is 10.8 Å². The van der Waals surface area contributed by atoms with Gasteiger partial charge in [-0.3, -0.25) is 0 Å². The average molecular weight is 191 g/mol. The van der Waals surface area contributed by atoms with Gasteiger partial charge in [0.25, 0.3) is 0 Å². The van der Waals surface area contributed by atoms with E-state index in [1.54, 1.807) is 0 Å². The molecule has 2 nitrogen and oxygen atoms in total. The summed E-state index contributed by atoms with van der Waals surface area (Å²) in [5, 5.41) is 9.02. The largest absolute Gasteiger partial charge is 0.505 e. The van der Waals surface area contributed by atoms with E-state index >= 15 is 0 Å². The predicted molar refractivity (Wildman–Crippen MR) is 40.9 cm³/mol. The van der Waals surface area contributed by atoms with Crippen molar-refractivity contribution < 1.29 is 18.3 Å². The molecule has 0 aliphatic rings. The van der Waals surface area contributed by atoms with E-state index in [2.05, 4.69) is 0 Å². The Morgan fingerprint density at radius 2 is 1.85 bits per heavy atom. The molecule has 13 heavy (non-hydrogen) atoms. The summed E-state index contributed by atoms with van der Waals surface area (Å²) in [6, 6.07) is 0.203. The van der Waals surface area contributed by atoms with E-state index in [1.165, 1.54) is 0 Å². The molecule has 0 radical (unpaired) electrons. The van der Waals surface area contributed by atoms with Gasteiger partial charge in [0.1, 0.15) is 12.5 Å². The molecule has 0 aliphatic heterocycles. The van der Waals surface area contributed by atoms with E-state index < -0.39 is 35.7 Å². The summed E-state index contributed by atoms with van der Waals surface area (Å²) in [5.74, 6) is -2.85. The highest BCUT2D eigenvalue weighted by Crippen LogP contribution is 2.28. The quantitative estimate of drug-likeness (QED) is 0.746. The summed E-state index contributed by atoms with van der Waals surface area (Å²) in [7, 11) is 0. The molecule has 0 aliphatic carbocycles. The Kier molecular flexibility index (Phi) is 2.77. The minimum absolute atomic E-state index is 0.525. The van der Waals surface area contributed by atoms with Crippen molar-refractivity contribution in [1.82, 2.24) is 0 Å². The van der Waals surface area contributed by atoms with Crippen molar-refractivity contribution in [3.8, 4) is 5.75 Å². The van der Waals surface area contributed by atoms with Crippen molar-refractivity contribution in [2.24, 2.45) is 5.73 Å². The van der Waals surface area contributed by atoms with Gasteiger partial charge in [-0.25, -0.2) is 13.2 Å². The van der Waals surface area contributed by atoms with Crippen LogP contribution in [0.5, 0.6) is 5.75 Å². The van der Waals surface area contributed by atoms with Crippen LogP contribution in [0.25, 0.3) is 0 Å². The third kappa shape index (κ3) is 1.75. The molecule has 0 heterocycles. The molecule has 0 unspecified atom stereocenters. The van der Waals surface area contributed by atoms with Crippen LogP contribution in [0, 0.1) is 11.6 Å². The fourth-order valence-corrected chi connectivity index (χ4v) is 0.987. The summed E-state index contributed by atoms with van der Waals surface area (Å²) >= 11 is 0. The van der Waals surface area contributed by atoms with Crippen molar-refractivity contribution >= 4 is 0 Å². The van der Waals surface area contributed by atoms with E-state index in [9.17, 15) is 13.2 Å². The van der Waals surface area contributed by atoms with Crippen molar-refractivity contribution in [3.63, 3.8) is 0 Å². The van der Waals surface area contributed by atoms with Gasteiger partial charge in [0.05, 0.1) is 11.6 Å². The second kappa shape index (κ2) is 3.66. The first-order valence-electron chi connectivity index (χ1n) is 3.56. The highest BCUT2D eigenvalue weighted by atomic mass is 19.1. The predicted octanol–water partition coefficient (Wildman–Crippen LogP) is 1.64. The lowest BCUT2D eigenvalue weighted by Crippen LogP contribution is -2.14. The molecule has 1 rings (SSSR count). The minimum Gasteiger partial charge on any atom is -0.505 e. The summed E-state index contributed by atoms with van der Waals surface area (Å²) in [6.45, 7) is -1.06. The van der Waals surface area contributed by atoms with Crippen LogP contribution >= 0.6 is 0 Å². The zero-order valence-electron chi connectivity index (χ0n) is 6.60. The molecule has 0 fully saturated rings. The number of rotatable bonds is 2. The maximum atomic E-state index is 12.9. The Labute approximate surface area is 72.8 Å². The van der Waals surface area contributed by atoms with Gasteiger partial charge in [0.15, 0.2) is 11.6 Å². The lowest BCUT2D eigenvalue weighted by Gasteiger charge is -2.10. The molecule has 1 atom stereocenters. The van der Waals surface area contributed by atoms with Crippen molar-refractivity contribution in [3.05, 3.63) is 29.3 Å². The molecular weight excluding hydrogens is 183 g/mol. The van der Waals surface area contributed by atoms with Gasteiger partial charge in [-0.1, -0.05) is 0 Å². The number of hydrogen-bond acceptors (Lipinski definition) is 2. The van der Waals surface area contributed by atoms with Crippen LogP contribution in [0.15, 0.2) is 12.1 Å². The molecule has 5 heteroatoms. The van der Waals surface area contributed by atoms with Gasteiger partial charge in [0.2, 0.25) is 0 Å². The first-order valence-corrected chi connectivity index (χ1v) is 3.56. The Balaban J connectivity index is 3.25. The number of phenolic OH excluding ortho intramolecular Hbond substituents is 1. The fraction of sp³-hybridized carbons (Fsp3) is 0.250. The van der Waals surface area contributed by atoms with Crippen molar-refractivity contribution in [2.75, 3.05) is 6.67 Å². The Morgan fingerprint density at radius 3 is 2.38 bits per heavy atom.